The molecule has 0 saturated carbocycles. The first-order valence-electron chi connectivity index (χ1n) is 16.2. The molecule has 0 radical (unpaired) electrons. The molecule has 0 atom stereocenters. The quantitative estimate of drug-likeness (QED) is 0.0486. The van der Waals surface area contributed by atoms with Crippen molar-refractivity contribution in [1.29, 1.82) is 0 Å². The summed E-state index contributed by atoms with van der Waals surface area (Å²) in [6, 6.07) is 42.3. The number of pyridine rings is 2. The Labute approximate surface area is 305 Å². The molecule has 12 heteroatoms. The number of aromatic nitrogens is 2. The molecule has 0 amide bonds. The number of halogens is 2. The molecule has 0 aliphatic carbocycles. The van der Waals surface area contributed by atoms with E-state index in [2.05, 4.69) is 36.4 Å². The fourth-order valence-corrected chi connectivity index (χ4v) is 5.49. The van der Waals surface area contributed by atoms with Crippen LogP contribution in [0.25, 0.3) is 0 Å². The van der Waals surface area contributed by atoms with Gasteiger partial charge in [0, 0.05) is 33.6 Å². The van der Waals surface area contributed by atoms with Gasteiger partial charge >= 0.3 is 11.8 Å². The molecule has 0 aliphatic heterocycles. The molecule has 0 bridgehead atoms. The van der Waals surface area contributed by atoms with Crippen LogP contribution in [0.15, 0.2) is 140 Å². The van der Waals surface area contributed by atoms with Crippen molar-refractivity contribution in [3.05, 3.63) is 156 Å². The lowest BCUT2D eigenvalue weighted by Gasteiger charge is -2.37. The molecule has 0 aliphatic rings. The van der Waals surface area contributed by atoms with Crippen molar-refractivity contribution in [2.45, 2.75) is 32.1 Å². The predicted octanol–water partition coefficient (Wildman–Crippen LogP) is 4.52. The number of benzene rings is 3. The van der Waals surface area contributed by atoms with Crippen LogP contribution >= 0.6 is 23.2 Å². The van der Waals surface area contributed by atoms with Crippen LogP contribution in [0.5, 0.6) is 11.8 Å². The van der Waals surface area contributed by atoms with E-state index in [1.54, 1.807) is 34.0 Å². The minimum absolute atomic E-state index is 0.122. The molecule has 3 aromatic carbocycles. The van der Waals surface area contributed by atoms with Gasteiger partial charge in [-0.2, -0.15) is 0 Å². The molecular formula is C38H43BCl2N2O7. The van der Waals surface area contributed by atoms with Crippen molar-refractivity contribution in [2.75, 3.05) is 32.0 Å². The molecule has 0 saturated heterocycles. The van der Waals surface area contributed by atoms with E-state index in [0.29, 0.717) is 31.4 Å². The highest BCUT2D eigenvalue weighted by molar-refractivity contribution is 6.28. The second-order valence-electron chi connectivity index (χ2n) is 10.3. The molecule has 50 heavy (non-hydrogen) atoms. The Morgan fingerprint density at radius 2 is 0.960 bits per heavy atom. The third kappa shape index (κ3) is 12.5. The fraction of sp³-hybridized carbons (Fsp3) is 0.263. The first kappa shape index (κ1) is 40.1. The maximum atomic E-state index is 10.7. The maximum Gasteiger partial charge on any atom is 0.418 e. The van der Waals surface area contributed by atoms with Gasteiger partial charge in [0.2, 0.25) is 12.4 Å². The van der Waals surface area contributed by atoms with Gasteiger partial charge in [0.05, 0.1) is 19.5 Å². The Kier molecular flexibility index (Phi) is 18.6. The van der Waals surface area contributed by atoms with Crippen LogP contribution in [0.1, 0.15) is 43.4 Å². The van der Waals surface area contributed by atoms with Crippen molar-refractivity contribution in [2.24, 2.45) is 0 Å². The van der Waals surface area contributed by atoms with Crippen molar-refractivity contribution in [3.63, 3.8) is 0 Å². The Bertz CT molecular complexity index is 1410. The van der Waals surface area contributed by atoms with Crippen LogP contribution in [0.3, 0.4) is 0 Å². The van der Waals surface area contributed by atoms with E-state index in [1.165, 1.54) is 16.7 Å². The SMILES string of the molecule is CCO[n+]1ccccc1OCCl.CCO[n+]1ccccc1OCCl.[O-]B([O-])OCCCC(c1ccccc1)(c1ccccc1)c1ccccc1. The van der Waals surface area contributed by atoms with Crippen molar-refractivity contribution in [1.82, 2.24) is 0 Å². The minimum Gasteiger partial charge on any atom is -0.871 e. The molecule has 9 nitrogen and oxygen atoms in total. The zero-order valence-corrected chi connectivity index (χ0v) is 29.8. The maximum absolute atomic E-state index is 10.7. The summed E-state index contributed by atoms with van der Waals surface area (Å²) in [5.74, 6) is 1.21. The molecule has 0 N–H and O–H groups in total. The van der Waals surface area contributed by atoms with Crippen molar-refractivity contribution >= 4 is 30.5 Å². The van der Waals surface area contributed by atoms with Gasteiger partial charge in [0.1, 0.15) is 0 Å². The van der Waals surface area contributed by atoms with Gasteiger partial charge in [-0.05, 0) is 55.5 Å². The molecule has 264 valence electrons. The lowest BCUT2D eigenvalue weighted by atomic mass is 9.67. The van der Waals surface area contributed by atoms with Gasteiger partial charge in [0.25, 0.3) is 0 Å². The highest BCUT2D eigenvalue weighted by Crippen LogP contribution is 2.42. The zero-order chi connectivity index (χ0) is 35.9. The van der Waals surface area contributed by atoms with Gasteiger partial charge < -0.3 is 24.2 Å². The second kappa shape index (κ2) is 23.2. The van der Waals surface area contributed by atoms with Gasteiger partial charge in [-0.1, -0.05) is 114 Å². The summed E-state index contributed by atoms with van der Waals surface area (Å²) in [5, 5.41) is 21.4. The second-order valence-corrected chi connectivity index (χ2v) is 10.8. The Morgan fingerprint density at radius 1 is 0.580 bits per heavy atom. The van der Waals surface area contributed by atoms with Crippen LogP contribution in [0.2, 0.25) is 0 Å². The lowest BCUT2D eigenvalue weighted by Crippen LogP contribution is -2.48. The average Bonchev–Trinajstić information content (AvgIpc) is 3.15. The van der Waals surface area contributed by atoms with Crippen LogP contribution in [-0.2, 0) is 10.1 Å². The summed E-state index contributed by atoms with van der Waals surface area (Å²) in [6.07, 6.45) is 4.88. The summed E-state index contributed by atoms with van der Waals surface area (Å²) < 4.78 is 18.0. The predicted molar refractivity (Wildman–Crippen MR) is 190 cm³/mol. The van der Waals surface area contributed by atoms with Gasteiger partial charge in [-0.15, -0.1) is 0 Å². The van der Waals surface area contributed by atoms with Crippen LogP contribution < -0.4 is 38.7 Å². The van der Waals surface area contributed by atoms with Gasteiger partial charge in [0.15, 0.2) is 25.3 Å². The fourth-order valence-electron chi connectivity index (χ4n) is 5.27. The Balaban J connectivity index is 0.000000234. The largest absolute Gasteiger partial charge is 0.871 e. The van der Waals surface area contributed by atoms with Gasteiger partial charge in [-0.25, -0.2) is 0 Å². The highest BCUT2D eigenvalue weighted by atomic mass is 35.5. The standard InChI is InChI=1S/C22H21BO3.2C8H11ClNO2/c24-23(25)26-18-10-17-22(19-11-4-1-5-12-19,20-13-6-2-7-14-20)21-15-8-3-9-16-21;2*1-2-12-10-6-4-3-5-8(10)11-7-9/h1-9,11-16H,10,17-18H2;2*3-6H,2,7H2,1H3/q-2;2*+1. The Hall–Kier alpha value is -4.32. The number of hydrogen-bond donors (Lipinski definition) is 0. The molecule has 2 heterocycles. The molecule has 5 aromatic rings. The summed E-state index contributed by atoms with van der Waals surface area (Å²) >= 11 is 10.8. The molecule has 0 fully saturated rings. The number of hydrogen-bond acceptors (Lipinski definition) is 7. The first-order valence-corrected chi connectivity index (χ1v) is 17.3. The van der Waals surface area contributed by atoms with Gasteiger partial charge in [-0.3, -0.25) is 9.68 Å². The summed E-state index contributed by atoms with van der Waals surface area (Å²) in [4.78, 5) is 10.4. The number of alkyl halides is 2. The van der Waals surface area contributed by atoms with E-state index in [-0.39, 0.29) is 24.2 Å². The van der Waals surface area contributed by atoms with Crippen LogP contribution in [-0.4, -0.2) is 39.3 Å². The number of rotatable bonds is 16. The Morgan fingerprint density at radius 3 is 1.30 bits per heavy atom. The summed E-state index contributed by atoms with van der Waals surface area (Å²) in [6.45, 7) is 5.15. The topological polar surface area (TPSA) is 100 Å². The third-order valence-corrected chi connectivity index (χ3v) is 7.49. The molecule has 2 aromatic heterocycles. The smallest absolute Gasteiger partial charge is 0.418 e. The molecule has 0 unspecified atom stereocenters. The zero-order valence-electron chi connectivity index (χ0n) is 28.3. The monoisotopic (exact) mass is 720 g/mol. The molecule has 5 rings (SSSR count). The van der Waals surface area contributed by atoms with E-state index >= 15 is 0 Å². The normalized spacial score (nSPS) is 10.4. The number of nitrogens with zero attached hydrogens (tertiary/aromatic N) is 2. The lowest BCUT2D eigenvalue weighted by molar-refractivity contribution is -0.892. The highest BCUT2D eigenvalue weighted by Gasteiger charge is 2.35. The third-order valence-electron chi connectivity index (χ3n) is 7.27. The van der Waals surface area contributed by atoms with E-state index < -0.39 is 7.32 Å². The summed E-state index contributed by atoms with van der Waals surface area (Å²) in [7, 11) is -2.23. The minimum atomic E-state index is -2.23. The van der Waals surface area contributed by atoms with E-state index in [4.69, 9.17) is 47.0 Å². The van der Waals surface area contributed by atoms with E-state index in [0.717, 1.165) is 6.42 Å². The average molecular weight is 721 g/mol. The van der Waals surface area contributed by atoms with Crippen molar-refractivity contribution in [3.8, 4) is 11.8 Å². The van der Waals surface area contributed by atoms with Crippen LogP contribution in [0.4, 0.5) is 0 Å². The molecule has 0 spiro atoms. The first-order chi connectivity index (χ1) is 24.5. The summed E-state index contributed by atoms with van der Waals surface area (Å²) in [5.41, 5.74) is 3.17. The van der Waals surface area contributed by atoms with E-state index in [9.17, 15) is 10.0 Å². The van der Waals surface area contributed by atoms with Crippen LogP contribution in [0, 0.1) is 0 Å². The van der Waals surface area contributed by atoms with E-state index in [1.807, 2.05) is 92.7 Å². The molecular weight excluding hydrogens is 678 g/mol. The number of ether oxygens (including phenoxy) is 2. The van der Waals surface area contributed by atoms with Crippen molar-refractivity contribution < 1.29 is 43.3 Å².